The molecule has 0 radical (unpaired) electrons. The average molecular weight is 267 g/mol. The van der Waals surface area contributed by atoms with Gasteiger partial charge in [-0.25, -0.2) is 8.42 Å². The number of benzene rings is 1. The van der Waals surface area contributed by atoms with Crippen LogP contribution in [0.3, 0.4) is 0 Å². The van der Waals surface area contributed by atoms with Crippen molar-refractivity contribution in [2.75, 3.05) is 26.4 Å². The molecule has 18 heavy (non-hydrogen) atoms. The van der Waals surface area contributed by atoms with E-state index in [9.17, 15) is 8.42 Å². The van der Waals surface area contributed by atoms with Crippen LogP contribution in [0.1, 0.15) is 5.56 Å². The van der Waals surface area contributed by atoms with Crippen molar-refractivity contribution in [3.8, 4) is 0 Å². The van der Waals surface area contributed by atoms with Gasteiger partial charge in [-0.2, -0.15) is 0 Å². The molecule has 1 heterocycles. The monoisotopic (exact) mass is 267 g/mol. The maximum atomic E-state index is 11.3. The molecular formula is C12H17N3O2S. The zero-order chi connectivity index (χ0) is 13.2. The Morgan fingerprint density at radius 3 is 2.50 bits per heavy atom. The molecule has 5 nitrogen and oxygen atoms in total. The molecule has 0 saturated carbocycles. The van der Waals surface area contributed by atoms with Crippen LogP contribution in [0, 0.1) is 0 Å². The van der Waals surface area contributed by atoms with E-state index in [1.807, 2.05) is 19.2 Å². The van der Waals surface area contributed by atoms with Crippen molar-refractivity contribution >= 4 is 15.8 Å². The lowest BCUT2D eigenvalue weighted by atomic mass is 10.2. The third-order valence-corrected chi connectivity index (χ3v) is 3.99. The normalized spacial score (nSPS) is 15.7. The Morgan fingerprint density at radius 2 is 2.00 bits per heavy atom. The topological polar surface area (TPSA) is 61.8 Å². The smallest absolute Gasteiger partial charge is 0.194 e. The summed E-state index contributed by atoms with van der Waals surface area (Å²) in [6.07, 6.45) is 1.21. The first-order chi connectivity index (χ1) is 8.47. The molecular weight excluding hydrogens is 250 g/mol. The second-order valence-corrected chi connectivity index (χ2v) is 6.41. The summed E-state index contributed by atoms with van der Waals surface area (Å²) in [5.41, 5.74) is 1.03. The number of nitrogens with one attached hydrogen (secondary N) is 1. The Kier molecular flexibility index (Phi) is 3.56. The molecule has 0 aromatic heterocycles. The number of guanidine groups is 1. The minimum Gasteiger partial charge on any atom is -0.352 e. The zero-order valence-electron chi connectivity index (χ0n) is 10.5. The van der Waals surface area contributed by atoms with Gasteiger partial charge >= 0.3 is 0 Å². The third-order valence-electron chi connectivity index (χ3n) is 2.86. The van der Waals surface area contributed by atoms with Crippen LogP contribution in [0.5, 0.6) is 0 Å². The van der Waals surface area contributed by atoms with Crippen LogP contribution in [-0.4, -0.2) is 45.7 Å². The molecule has 1 aromatic rings. The van der Waals surface area contributed by atoms with E-state index in [4.69, 9.17) is 0 Å². The van der Waals surface area contributed by atoms with E-state index < -0.39 is 9.84 Å². The quantitative estimate of drug-likeness (QED) is 0.865. The molecule has 0 saturated heterocycles. The van der Waals surface area contributed by atoms with Gasteiger partial charge in [0, 0.05) is 26.4 Å². The molecule has 1 aliphatic rings. The maximum absolute atomic E-state index is 11.3. The van der Waals surface area contributed by atoms with Gasteiger partial charge in [-0.05, 0) is 17.7 Å². The van der Waals surface area contributed by atoms with Crippen molar-refractivity contribution in [1.82, 2.24) is 10.2 Å². The first-order valence-electron chi connectivity index (χ1n) is 5.75. The Labute approximate surface area is 107 Å². The van der Waals surface area contributed by atoms with Crippen LogP contribution in [0.25, 0.3) is 0 Å². The van der Waals surface area contributed by atoms with Gasteiger partial charge in [0.1, 0.15) is 0 Å². The number of hydrogen-bond acceptors (Lipinski definition) is 5. The van der Waals surface area contributed by atoms with Gasteiger partial charge in [-0.15, -0.1) is 0 Å². The number of likely N-dealkylation sites (N-methyl/N-ethyl adjacent to an activating group) is 1. The minimum absolute atomic E-state index is 0.349. The lowest BCUT2D eigenvalue weighted by molar-refractivity contribution is 0.534. The molecule has 1 N–H and O–H groups in total. The van der Waals surface area contributed by atoms with Crippen molar-refractivity contribution in [1.29, 1.82) is 0 Å². The molecule has 98 valence electrons. The molecule has 0 unspecified atom stereocenters. The van der Waals surface area contributed by atoms with Gasteiger partial charge < -0.3 is 10.2 Å². The second kappa shape index (κ2) is 4.97. The standard InChI is InChI=1S/C12H17N3O2S/c1-15-8-7-13-12(15)14-9-10-3-5-11(6-4-10)18(2,16)17/h3-6H,7-9H2,1-2H3,(H,13,14). The summed E-state index contributed by atoms with van der Waals surface area (Å²) in [6.45, 7) is 2.41. The summed E-state index contributed by atoms with van der Waals surface area (Å²) in [5, 5.41) is 3.23. The molecule has 0 bridgehead atoms. The number of nitrogens with zero attached hydrogens (tertiary/aromatic N) is 2. The van der Waals surface area contributed by atoms with Crippen molar-refractivity contribution < 1.29 is 8.42 Å². The molecule has 2 rings (SSSR count). The van der Waals surface area contributed by atoms with E-state index in [2.05, 4.69) is 15.2 Å². The Morgan fingerprint density at radius 1 is 1.33 bits per heavy atom. The number of hydrogen-bond donors (Lipinski definition) is 1. The second-order valence-electron chi connectivity index (χ2n) is 4.40. The lowest BCUT2D eigenvalue weighted by Gasteiger charge is -2.15. The summed E-state index contributed by atoms with van der Waals surface area (Å²) in [4.78, 5) is 6.73. The van der Waals surface area contributed by atoms with E-state index in [-0.39, 0.29) is 0 Å². The summed E-state index contributed by atoms with van der Waals surface area (Å²) in [6, 6.07) is 6.90. The van der Waals surface area contributed by atoms with Crippen LogP contribution in [0.4, 0.5) is 0 Å². The van der Waals surface area contributed by atoms with E-state index in [0.717, 1.165) is 24.6 Å². The fraction of sp³-hybridized carbons (Fsp3) is 0.417. The van der Waals surface area contributed by atoms with E-state index >= 15 is 0 Å². The maximum Gasteiger partial charge on any atom is 0.194 e. The van der Waals surface area contributed by atoms with Crippen molar-refractivity contribution in [3.63, 3.8) is 0 Å². The lowest BCUT2D eigenvalue weighted by Crippen LogP contribution is -2.35. The number of aliphatic imine (C=N–C) groups is 1. The van der Waals surface area contributed by atoms with Crippen molar-refractivity contribution in [2.24, 2.45) is 4.99 Å². The van der Waals surface area contributed by atoms with E-state index in [0.29, 0.717) is 11.4 Å². The molecule has 0 amide bonds. The molecule has 0 spiro atoms. The van der Waals surface area contributed by atoms with Crippen LogP contribution in [0.2, 0.25) is 0 Å². The summed E-state index contributed by atoms with van der Waals surface area (Å²) >= 11 is 0. The predicted molar refractivity (Wildman–Crippen MR) is 71.3 cm³/mol. The highest BCUT2D eigenvalue weighted by molar-refractivity contribution is 7.90. The van der Waals surface area contributed by atoms with E-state index in [1.165, 1.54) is 6.26 Å². The SMILES string of the molecule is CN1CCN=C1NCc1ccc(S(C)(=O)=O)cc1. The van der Waals surface area contributed by atoms with Crippen LogP contribution in [-0.2, 0) is 16.4 Å². The van der Waals surface area contributed by atoms with Gasteiger partial charge in [-0.1, -0.05) is 12.1 Å². The Bertz CT molecular complexity index is 549. The van der Waals surface area contributed by atoms with Crippen molar-refractivity contribution in [2.45, 2.75) is 11.4 Å². The summed E-state index contributed by atoms with van der Waals surface area (Å²) < 4.78 is 22.6. The summed E-state index contributed by atoms with van der Waals surface area (Å²) in [5.74, 6) is 0.891. The minimum atomic E-state index is -3.11. The third kappa shape index (κ3) is 3.01. The molecule has 6 heteroatoms. The Balaban J connectivity index is 1.99. The van der Waals surface area contributed by atoms with Crippen LogP contribution < -0.4 is 5.32 Å². The molecule has 0 aliphatic carbocycles. The largest absolute Gasteiger partial charge is 0.352 e. The number of rotatable bonds is 3. The average Bonchev–Trinajstić information content (AvgIpc) is 2.72. The Hall–Kier alpha value is -1.56. The number of sulfone groups is 1. The highest BCUT2D eigenvalue weighted by Gasteiger charge is 2.11. The molecule has 1 aromatic carbocycles. The first kappa shape index (κ1) is 12.9. The van der Waals surface area contributed by atoms with Gasteiger partial charge in [-0.3, -0.25) is 4.99 Å². The predicted octanol–water partition coefficient (Wildman–Crippen LogP) is 0.481. The highest BCUT2D eigenvalue weighted by atomic mass is 32.2. The van der Waals surface area contributed by atoms with Gasteiger partial charge in [0.15, 0.2) is 15.8 Å². The van der Waals surface area contributed by atoms with E-state index in [1.54, 1.807) is 12.1 Å². The van der Waals surface area contributed by atoms with Crippen LogP contribution in [0.15, 0.2) is 34.2 Å². The van der Waals surface area contributed by atoms with Gasteiger partial charge in [0.05, 0.1) is 11.4 Å². The van der Waals surface area contributed by atoms with Gasteiger partial charge in [0.25, 0.3) is 0 Å². The highest BCUT2D eigenvalue weighted by Crippen LogP contribution is 2.10. The zero-order valence-corrected chi connectivity index (χ0v) is 11.4. The van der Waals surface area contributed by atoms with Crippen LogP contribution >= 0.6 is 0 Å². The first-order valence-corrected chi connectivity index (χ1v) is 7.64. The fourth-order valence-electron chi connectivity index (χ4n) is 1.76. The fourth-order valence-corrected chi connectivity index (χ4v) is 2.39. The molecule has 0 atom stereocenters. The molecule has 1 aliphatic heterocycles. The summed E-state index contributed by atoms with van der Waals surface area (Å²) in [7, 11) is -1.12. The van der Waals surface area contributed by atoms with Gasteiger partial charge in [0.2, 0.25) is 0 Å². The molecule has 0 fully saturated rings. The van der Waals surface area contributed by atoms with Crippen molar-refractivity contribution in [3.05, 3.63) is 29.8 Å².